The van der Waals surface area contributed by atoms with Crippen molar-refractivity contribution in [1.82, 2.24) is 9.80 Å². The van der Waals surface area contributed by atoms with E-state index in [1.807, 2.05) is 56.0 Å². The van der Waals surface area contributed by atoms with Crippen LogP contribution in [0, 0.1) is 5.92 Å². The fraction of sp³-hybridized carbons (Fsp3) is 0.550. The summed E-state index contributed by atoms with van der Waals surface area (Å²) in [5.74, 6) is -0.598. The molecule has 5 heteroatoms. The van der Waals surface area contributed by atoms with Crippen molar-refractivity contribution in [1.29, 1.82) is 0 Å². The van der Waals surface area contributed by atoms with Gasteiger partial charge in [0, 0.05) is 38.5 Å². The van der Waals surface area contributed by atoms with Crippen molar-refractivity contribution >= 4 is 17.6 Å². The van der Waals surface area contributed by atoms with Gasteiger partial charge in [-0.15, -0.1) is 0 Å². The molecule has 1 aromatic carbocycles. The van der Waals surface area contributed by atoms with Gasteiger partial charge in [0.05, 0.1) is 0 Å². The van der Waals surface area contributed by atoms with Crippen LogP contribution in [0.1, 0.15) is 45.6 Å². The van der Waals surface area contributed by atoms with E-state index in [4.69, 9.17) is 0 Å². The molecule has 1 saturated heterocycles. The Morgan fingerprint density at radius 2 is 1.88 bits per heavy atom. The smallest absolute Gasteiger partial charge is 0.290 e. The topological polar surface area (TPSA) is 57.7 Å². The molecule has 1 fully saturated rings. The van der Waals surface area contributed by atoms with Crippen LogP contribution < -0.4 is 0 Å². The highest BCUT2D eigenvalue weighted by Crippen LogP contribution is 2.18. The number of carbonyl (C=O) groups is 3. The van der Waals surface area contributed by atoms with Gasteiger partial charge in [-0.3, -0.25) is 14.4 Å². The van der Waals surface area contributed by atoms with Crippen LogP contribution in [-0.2, 0) is 20.9 Å². The van der Waals surface area contributed by atoms with Gasteiger partial charge in [-0.05, 0) is 17.9 Å². The van der Waals surface area contributed by atoms with E-state index >= 15 is 0 Å². The number of hydrogen-bond donors (Lipinski definition) is 0. The maximum absolute atomic E-state index is 12.6. The monoisotopic (exact) mass is 344 g/mol. The van der Waals surface area contributed by atoms with E-state index in [1.54, 1.807) is 4.90 Å². The summed E-state index contributed by atoms with van der Waals surface area (Å²) in [4.78, 5) is 40.6. The number of amides is 2. The molecular formula is C20H28N2O3. The van der Waals surface area contributed by atoms with Crippen molar-refractivity contribution in [3.63, 3.8) is 0 Å². The van der Waals surface area contributed by atoms with Crippen LogP contribution in [0.2, 0.25) is 0 Å². The minimum Gasteiger partial charge on any atom is -0.334 e. The first-order chi connectivity index (χ1) is 11.9. The number of Topliss-reactive ketones (excluding diaryl/α,β-unsaturated/α-hetero) is 1. The van der Waals surface area contributed by atoms with Crippen molar-refractivity contribution in [3.05, 3.63) is 35.9 Å². The largest absolute Gasteiger partial charge is 0.334 e. The Morgan fingerprint density at radius 1 is 1.20 bits per heavy atom. The summed E-state index contributed by atoms with van der Waals surface area (Å²) in [6.45, 7) is 7.15. The predicted molar refractivity (Wildman–Crippen MR) is 96.7 cm³/mol. The van der Waals surface area contributed by atoms with Gasteiger partial charge in [-0.2, -0.15) is 0 Å². The zero-order valence-corrected chi connectivity index (χ0v) is 15.4. The second-order valence-electron chi connectivity index (χ2n) is 7.09. The Balaban J connectivity index is 2.12. The molecule has 136 valence electrons. The zero-order chi connectivity index (χ0) is 18.4. The van der Waals surface area contributed by atoms with Gasteiger partial charge >= 0.3 is 0 Å². The van der Waals surface area contributed by atoms with Crippen LogP contribution in [0.5, 0.6) is 0 Å². The summed E-state index contributed by atoms with van der Waals surface area (Å²) >= 11 is 0. The number of ketones is 1. The lowest BCUT2D eigenvalue weighted by atomic mass is 10.1. The predicted octanol–water partition coefficient (Wildman–Crippen LogP) is 2.64. The van der Waals surface area contributed by atoms with E-state index in [0.29, 0.717) is 19.6 Å². The first-order valence-corrected chi connectivity index (χ1v) is 9.07. The lowest BCUT2D eigenvalue weighted by molar-refractivity contribution is -0.145. The number of nitrogens with zero attached hydrogens (tertiary/aromatic N) is 2. The molecule has 1 unspecified atom stereocenters. The van der Waals surface area contributed by atoms with Crippen molar-refractivity contribution < 1.29 is 14.4 Å². The maximum atomic E-state index is 12.6. The van der Waals surface area contributed by atoms with Crippen LogP contribution in [0.15, 0.2) is 30.3 Å². The third kappa shape index (κ3) is 5.15. The first-order valence-electron chi connectivity index (χ1n) is 9.07. The summed E-state index contributed by atoms with van der Waals surface area (Å²) in [5, 5.41) is 0. The number of carbonyl (C=O) groups excluding carboxylic acids is 3. The molecule has 25 heavy (non-hydrogen) atoms. The summed E-state index contributed by atoms with van der Waals surface area (Å²) in [7, 11) is 0. The third-order valence-electron chi connectivity index (χ3n) is 4.57. The average molecular weight is 344 g/mol. The lowest BCUT2D eigenvalue weighted by Crippen LogP contribution is -2.45. The van der Waals surface area contributed by atoms with Crippen molar-refractivity contribution in [3.8, 4) is 0 Å². The van der Waals surface area contributed by atoms with Crippen molar-refractivity contribution in [2.75, 3.05) is 13.1 Å². The van der Waals surface area contributed by atoms with Gasteiger partial charge in [0.25, 0.3) is 5.91 Å². The Kier molecular flexibility index (Phi) is 6.73. The molecule has 0 aliphatic carbocycles. The summed E-state index contributed by atoms with van der Waals surface area (Å²) in [6, 6.07) is 9.80. The minimum absolute atomic E-state index is 0.0438. The van der Waals surface area contributed by atoms with Gasteiger partial charge in [0.15, 0.2) is 0 Å². The van der Waals surface area contributed by atoms with Crippen LogP contribution >= 0.6 is 0 Å². The van der Waals surface area contributed by atoms with Gasteiger partial charge in [0.2, 0.25) is 11.7 Å². The Morgan fingerprint density at radius 3 is 2.48 bits per heavy atom. The van der Waals surface area contributed by atoms with Crippen LogP contribution in [0.3, 0.4) is 0 Å². The van der Waals surface area contributed by atoms with E-state index in [1.165, 1.54) is 0 Å². The third-order valence-corrected chi connectivity index (χ3v) is 4.57. The SMILES string of the molecule is CCC1CN(C(=O)C(=O)CC(C)C)CCC(=O)N1Cc1ccccc1. The van der Waals surface area contributed by atoms with E-state index in [0.717, 1.165) is 12.0 Å². The molecule has 1 aromatic rings. The van der Waals surface area contributed by atoms with Gasteiger partial charge in [-0.25, -0.2) is 0 Å². The molecule has 5 nitrogen and oxygen atoms in total. The summed E-state index contributed by atoms with van der Waals surface area (Å²) in [5.41, 5.74) is 1.07. The van der Waals surface area contributed by atoms with Gasteiger partial charge < -0.3 is 9.80 Å². The Hall–Kier alpha value is -2.17. The molecule has 2 amide bonds. The molecule has 0 N–H and O–H groups in total. The molecule has 2 rings (SSSR count). The van der Waals surface area contributed by atoms with E-state index in [-0.39, 0.29) is 36.5 Å². The van der Waals surface area contributed by atoms with E-state index in [2.05, 4.69) is 0 Å². The highest BCUT2D eigenvalue weighted by Gasteiger charge is 2.32. The number of hydrogen-bond acceptors (Lipinski definition) is 3. The highest BCUT2D eigenvalue weighted by molar-refractivity contribution is 6.36. The second-order valence-corrected chi connectivity index (χ2v) is 7.09. The summed E-state index contributed by atoms with van der Waals surface area (Å²) < 4.78 is 0. The van der Waals surface area contributed by atoms with Gasteiger partial charge in [-0.1, -0.05) is 51.1 Å². The van der Waals surface area contributed by atoms with E-state index < -0.39 is 5.91 Å². The van der Waals surface area contributed by atoms with Crippen LogP contribution in [-0.4, -0.2) is 46.5 Å². The average Bonchev–Trinajstić information content (AvgIpc) is 2.74. The standard InChI is InChI=1S/C20H28N2O3/c1-4-17-14-21(20(25)18(23)12-15(2)3)11-10-19(24)22(17)13-16-8-6-5-7-9-16/h5-9,15,17H,4,10-14H2,1-3H3. The normalized spacial score (nSPS) is 18.4. The van der Waals surface area contributed by atoms with E-state index in [9.17, 15) is 14.4 Å². The second kappa shape index (κ2) is 8.79. The quantitative estimate of drug-likeness (QED) is 0.746. The zero-order valence-electron chi connectivity index (χ0n) is 15.4. The molecule has 1 heterocycles. The first kappa shape index (κ1) is 19.2. The fourth-order valence-corrected chi connectivity index (χ4v) is 3.19. The molecule has 0 radical (unpaired) electrons. The molecule has 1 atom stereocenters. The van der Waals surface area contributed by atoms with Gasteiger partial charge in [0.1, 0.15) is 0 Å². The molecule has 0 spiro atoms. The molecule has 1 aliphatic heterocycles. The number of rotatable bonds is 6. The minimum atomic E-state index is -0.443. The number of benzene rings is 1. The summed E-state index contributed by atoms with van der Waals surface area (Å²) in [6.07, 6.45) is 1.28. The maximum Gasteiger partial charge on any atom is 0.290 e. The molecular weight excluding hydrogens is 316 g/mol. The van der Waals surface area contributed by atoms with Crippen LogP contribution in [0.4, 0.5) is 0 Å². The van der Waals surface area contributed by atoms with Crippen molar-refractivity contribution in [2.24, 2.45) is 5.92 Å². The molecule has 0 bridgehead atoms. The molecule has 1 aliphatic rings. The Bertz CT molecular complexity index is 613. The fourth-order valence-electron chi connectivity index (χ4n) is 3.19. The lowest BCUT2D eigenvalue weighted by Gasteiger charge is -2.31. The van der Waals surface area contributed by atoms with Crippen molar-refractivity contribution in [2.45, 2.75) is 52.6 Å². The Labute approximate surface area is 150 Å². The highest BCUT2D eigenvalue weighted by atomic mass is 16.2. The molecule has 0 aromatic heterocycles. The molecule has 0 saturated carbocycles. The van der Waals surface area contributed by atoms with Crippen LogP contribution in [0.25, 0.3) is 0 Å².